The van der Waals surface area contributed by atoms with Gasteiger partial charge < -0.3 is 10.2 Å². The van der Waals surface area contributed by atoms with Crippen LogP contribution in [0.25, 0.3) is 0 Å². The Bertz CT molecular complexity index is 441. The highest BCUT2D eigenvalue weighted by molar-refractivity contribution is 5.36. The first-order valence-electron chi connectivity index (χ1n) is 7.51. The predicted octanol–water partition coefficient (Wildman–Crippen LogP) is 2.54. The zero-order chi connectivity index (χ0) is 14.4. The molecule has 0 amide bonds. The molecule has 1 aromatic rings. The Morgan fingerprint density at radius 1 is 1.25 bits per heavy atom. The minimum atomic E-state index is -0.247. The van der Waals surface area contributed by atoms with E-state index in [1.54, 1.807) is 0 Å². The third kappa shape index (κ3) is 3.59. The minimum absolute atomic E-state index is 0.247. The molecule has 2 rings (SSSR count). The van der Waals surface area contributed by atoms with Gasteiger partial charge in [0.05, 0.1) is 11.5 Å². The second kappa shape index (κ2) is 6.88. The van der Waals surface area contributed by atoms with Crippen LogP contribution in [0.3, 0.4) is 0 Å². The molecule has 1 aliphatic rings. The van der Waals surface area contributed by atoms with Crippen LogP contribution in [0.15, 0.2) is 30.3 Å². The molecule has 0 radical (unpaired) electrons. The minimum Gasteiger partial charge on any atom is -0.314 e. The van der Waals surface area contributed by atoms with Gasteiger partial charge in [0.2, 0.25) is 0 Å². The maximum Gasteiger partial charge on any atom is 0.0852 e. The molecule has 3 nitrogen and oxygen atoms in total. The van der Waals surface area contributed by atoms with E-state index in [2.05, 4.69) is 42.5 Å². The van der Waals surface area contributed by atoms with Gasteiger partial charge in [0.15, 0.2) is 0 Å². The Morgan fingerprint density at radius 3 is 2.55 bits per heavy atom. The molecular weight excluding hydrogens is 246 g/mol. The molecule has 0 aromatic heterocycles. The summed E-state index contributed by atoms with van der Waals surface area (Å²) in [6.07, 6.45) is 4.33. The van der Waals surface area contributed by atoms with Crippen LogP contribution in [-0.4, -0.2) is 38.1 Å². The van der Waals surface area contributed by atoms with Gasteiger partial charge in [0, 0.05) is 6.04 Å². The summed E-state index contributed by atoms with van der Waals surface area (Å²) in [5.74, 6) is 0. The highest BCUT2D eigenvalue weighted by Crippen LogP contribution is 2.43. The van der Waals surface area contributed by atoms with Crippen LogP contribution in [-0.2, 0) is 5.41 Å². The molecule has 1 N–H and O–H groups in total. The summed E-state index contributed by atoms with van der Waals surface area (Å²) in [6, 6.07) is 13.3. The fraction of sp³-hybridized carbons (Fsp3) is 0.588. The van der Waals surface area contributed by atoms with E-state index >= 15 is 0 Å². The molecule has 108 valence electrons. The van der Waals surface area contributed by atoms with E-state index in [-0.39, 0.29) is 5.41 Å². The van der Waals surface area contributed by atoms with Gasteiger partial charge in [-0.1, -0.05) is 30.3 Å². The number of nitriles is 1. The van der Waals surface area contributed by atoms with Crippen molar-refractivity contribution in [1.82, 2.24) is 10.2 Å². The number of rotatable bonds is 7. The van der Waals surface area contributed by atoms with Crippen molar-refractivity contribution >= 4 is 0 Å². The molecule has 0 bridgehead atoms. The average Bonchev–Trinajstić information content (AvgIpc) is 2.41. The Kier molecular flexibility index (Phi) is 5.17. The molecule has 0 aliphatic heterocycles. The van der Waals surface area contributed by atoms with E-state index in [9.17, 15) is 5.26 Å². The molecule has 0 saturated heterocycles. The van der Waals surface area contributed by atoms with Gasteiger partial charge in [0.25, 0.3) is 0 Å². The Balaban J connectivity index is 1.72. The normalized spacial score (nSPS) is 25.2. The van der Waals surface area contributed by atoms with Crippen molar-refractivity contribution in [1.29, 1.82) is 5.26 Å². The van der Waals surface area contributed by atoms with E-state index < -0.39 is 0 Å². The highest BCUT2D eigenvalue weighted by Gasteiger charge is 2.45. The van der Waals surface area contributed by atoms with Crippen LogP contribution in [0.4, 0.5) is 0 Å². The molecule has 1 aromatic carbocycles. The molecule has 1 fully saturated rings. The van der Waals surface area contributed by atoms with Crippen LogP contribution in [0.2, 0.25) is 0 Å². The van der Waals surface area contributed by atoms with Crippen LogP contribution < -0.4 is 5.32 Å². The van der Waals surface area contributed by atoms with Crippen molar-refractivity contribution in [3.05, 3.63) is 35.9 Å². The fourth-order valence-corrected chi connectivity index (χ4v) is 2.93. The topological polar surface area (TPSA) is 39.1 Å². The lowest BCUT2D eigenvalue weighted by molar-refractivity contribution is 0.225. The summed E-state index contributed by atoms with van der Waals surface area (Å²) in [6.45, 7) is 2.22. The third-order valence-corrected chi connectivity index (χ3v) is 4.20. The van der Waals surface area contributed by atoms with Gasteiger partial charge in [-0.05, 0) is 58.4 Å². The highest BCUT2D eigenvalue weighted by atomic mass is 15.0. The number of hydrogen-bond donors (Lipinski definition) is 1. The van der Waals surface area contributed by atoms with Crippen molar-refractivity contribution in [3.63, 3.8) is 0 Å². The van der Waals surface area contributed by atoms with Gasteiger partial charge in [-0.15, -0.1) is 0 Å². The lowest BCUT2D eigenvalue weighted by atomic mass is 9.62. The van der Waals surface area contributed by atoms with Gasteiger partial charge in [0.1, 0.15) is 0 Å². The lowest BCUT2D eigenvalue weighted by Gasteiger charge is -2.43. The molecule has 0 heterocycles. The van der Waals surface area contributed by atoms with E-state index in [4.69, 9.17) is 0 Å². The third-order valence-electron chi connectivity index (χ3n) is 4.20. The first-order valence-corrected chi connectivity index (χ1v) is 7.51. The molecule has 3 heteroatoms. The zero-order valence-electron chi connectivity index (χ0n) is 12.6. The predicted molar refractivity (Wildman–Crippen MR) is 82.5 cm³/mol. The summed E-state index contributed by atoms with van der Waals surface area (Å²) in [5, 5.41) is 13.1. The smallest absolute Gasteiger partial charge is 0.0852 e. The Labute approximate surface area is 122 Å². The monoisotopic (exact) mass is 271 g/mol. The van der Waals surface area contributed by atoms with E-state index in [0.29, 0.717) is 6.04 Å². The SMILES string of the molecule is CN(C)CCCCNC1CC(C#N)(c2ccccc2)C1. The molecule has 0 atom stereocenters. The van der Waals surface area contributed by atoms with Gasteiger partial charge >= 0.3 is 0 Å². The molecule has 20 heavy (non-hydrogen) atoms. The van der Waals surface area contributed by atoms with Gasteiger partial charge in [-0.2, -0.15) is 5.26 Å². The van der Waals surface area contributed by atoms with Crippen molar-refractivity contribution in [3.8, 4) is 6.07 Å². The van der Waals surface area contributed by atoms with Gasteiger partial charge in [-0.3, -0.25) is 0 Å². The van der Waals surface area contributed by atoms with Crippen LogP contribution in [0.1, 0.15) is 31.2 Å². The number of nitrogens with one attached hydrogen (secondary N) is 1. The second-order valence-corrected chi connectivity index (χ2v) is 6.13. The maximum absolute atomic E-state index is 9.50. The summed E-state index contributed by atoms with van der Waals surface area (Å²) < 4.78 is 0. The first kappa shape index (κ1) is 15.0. The standard InChI is InChI=1S/C17H25N3/c1-20(2)11-7-6-10-19-16-12-17(13-16,14-18)15-8-4-3-5-9-15/h3-5,8-9,16,19H,6-7,10-13H2,1-2H3. The number of benzene rings is 1. The van der Waals surface area contributed by atoms with Crippen molar-refractivity contribution < 1.29 is 0 Å². The van der Waals surface area contributed by atoms with Crippen LogP contribution in [0.5, 0.6) is 0 Å². The molecule has 1 aliphatic carbocycles. The zero-order valence-corrected chi connectivity index (χ0v) is 12.6. The molecule has 0 spiro atoms. The van der Waals surface area contributed by atoms with Crippen molar-refractivity contribution in [2.45, 2.75) is 37.1 Å². The Morgan fingerprint density at radius 2 is 1.95 bits per heavy atom. The summed E-state index contributed by atoms with van der Waals surface area (Å²) >= 11 is 0. The Hall–Kier alpha value is -1.37. The fourth-order valence-electron chi connectivity index (χ4n) is 2.93. The van der Waals surface area contributed by atoms with E-state index in [1.807, 2.05) is 18.2 Å². The van der Waals surface area contributed by atoms with Crippen molar-refractivity contribution in [2.24, 2.45) is 0 Å². The average molecular weight is 271 g/mol. The van der Waals surface area contributed by atoms with E-state index in [0.717, 1.165) is 25.9 Å². The van der Waals surface area contributed by atoms with Gasteiger partial charge in [-0.25, -0.2) is 0 Å². The summed E-state index contributed by atoms with van der Waals surface area (Å²) in [4.78, 5) is 2.22. The number of unbranched alkanes of at least 4 members (excludes halogenated alkanes) is 1. The largest absolute Gasteiger partial charge is 0.314 e. The molecular formula is C17H25N3. The quantitative estimate of drug-likeness (QED) is 0.775. The van der Waals surface area contributed by atoms with Crippen LogP contribution >= 0.6 is 0 Å². The maximum atomic E-state index is 9.50. The van der Waals surface area contributed by atoms with Crippen molar-refractivity contribution in [2.75, 3.05) is 27.2 Å². The molecule has 0 unspecified atom stereocenters. The molecule has 1 saturated carbocycles. The number of hydrogen-bond acceptors (Lipinski definition) is 3. The van der Waals surface area contributed by atoms with E-state index in [1.165, 1.54) is 18.4 Å². The lowest BCUT2D eigenvalue weighted by Crippen LogP contribution is -2.51. The summed E-state index contributed by atoms with van der Waals surface area (Å²) in [7, 11) is 4.22. The number of nitrogens with zero attached hydrogens (tertiary/aromatic N) is 2. The second-order valence-electron chi connectivity index (χ2n) is 6.13. The summed E-state index contributed by atoms with van der Waals surface area (Å²) in [5.41, 5.74) is 0.927. The van der Waals surface area contributed by atoms with Crippen LogP contribution in [0, 0.1) is 11.3 Å². The first-order chi connectivity index (χ1) is 9.66.